The van der Waals surface area contributed by atoms with Crippen LogP contribution in [0, 0.1) is 12.8 Å². The number of aliphatic imine (C=N–C) groups is 1. The fourth-order valence-corrected chi connectivity index (χ4v) is 3.41. The van der Waals surface area contributed by atoms with Crippen molar-refractivity contribution in [3.05, 3.63) is 16.1 Å². The lowest BCUT2D eigenvalue weighted by atomic mass is 10.2. The van der Waals surface area contributed by atoms with Crippen molar-refractivity contribution in [2.45, 2.75) is 34.2 Å². The van der Waals surface area contributed by atoms with E-state index in [4.69, 9.17) is 4.99 Å². The largest absolute Gasteiger partial charge is 0.357 e. The van der Waals surface area contributed by atoms with E-state index in [-0.39, 0.29) is 0 Å². The van der Waals surface area contributed by atoms with Gasteiger partial charge < -0.3 is 10.2 Å². The van der Waals surface area contributed by atoms with Crippen LogP contribution in [0.2, 0.25) is 0 Å². The molecule has 0 saturated carbocycles. The number of aromatic nitrogens is 1. The van der Waals surface area contributed by atoms with Crippen molar-refractivity contribution >= 4 is 17.3 Å². The summed E-state index contributed by atoms with van der Waals surface area (Å²) in [4.78, 5) is 15.3. The van der Waals surface area contributed by atoms with Crippen LogP contribution < -0.4 is 5.32 Å². The van der Waals surface area contributed by atoms with Crippen LogP contribution >= 0.6 is 11.3 Å². The van der Waals surface area contributed by atoms with Crippen LogP contribution in [0.25, 0.3) is 0 Å². The topological polar surface area (TPSA) is 43.8 Å². The second kappa shape index (κ2) is 8.48. The standard InChI is InChI=1S/C16H29N5S/c1-5-17-16(19-11-15-18-10-14(4)22-15)21-8-6-20(7-9-21)12-13(2)3/h10,13H,5-9,11-12H2,1-4H3,(H,17,19). The highest BCUT2D eigenvalue weighted by Gasteiger charge is 2.19. The van der Waals surface area contributed by atoms with Gasteiger partial charge in [0.05, 0.1) is 6.54 Å². The summed E-state index contributed by atoms with van der Waals surface area (Å²) in [6.45, 7) is 15.9. The molecule has 1 aromatic heterocycles. The van der Waals surface area contributed by atoms with Gasteiger partial charge in [0.1, 0.15) is 5.01 Å². The molecule has 0 unspecified atom stereocenters. The zero-order chi connectivity index (χ0) is 15.9. The van der Waals surface area contributed by atoms with Gasteiger partial charge in [-0.1, -0.05) is 13.8 Å². The van der Waals surface area contributed by atoms with Crippen molar-refractivity contribution in [3.63, 3.8) is 0 Å². The number of thiazole rings is 1. The van der Waals surface area contributed by atoms with Crippen LogP contribution in [0.3, 0.4) is 0 Å². The highest BCUT2D eigenvalue weighted by molar-refractivity contribution is 7.11. The van der Waals surface area contributed by atoms with Crippen molar-refractivity contribution in [1.29, 1.82) is 0 Å². The molecule has 124 valence electrons. The predicted molar refractivity (Wildman–Crippen MR) is 94.5 cm³/mol. The maximum atomic E-state index is 4.77. The summed E-state index contributed by atoms with van der Waals surface area (Å²) in [5.74, 6) is 1.76. The first-order valence-electron chi connectivity index (χ1n) is 8.25. The summed E-state index contributed by atoms with van der Waals surface area (Å²) in [5, 5.41) is 4.51. The van der Waals surface area contributed by atoms with Crippen molar-refractivity contribution < 1.29 is 0 Å². The molecule has 1 aromatic rings. The molecule has 0 amide bonds. The normalized spacial score (nSPS) is 17.3. The molecule has 1 fully saturated rings. The Morgan fingerprint density at radius 3 is 2.64 bits per heavy atom. The molecule has 0 bridgehead atoms. The lowest BCUT2D eigenvalue weighted by Gasteiger charge is -2.37. The molecule has 0 aliphatic carbocycles. The van der Waals surface area contributed by atoms with E-state index in [0.29, 0.717) is 6.54 Å². The van der Waals surface area contributed by atoms with Gasteiger partial charge >= 0.3 is 0 Å². The van der Waals surface area contributed by atoms with Gasteiger partial charge in [-0.15, -0.1) is 11.3 Å². The lowest BCUT2D eigenvalue weighted by Crippen LogP contribution is -2.53. The smallest absolute Gasteiger partial charge is 0.194 e. The second-order valence-electron chi connectivity index (χ2n) is 6.22. The Morgan fingerprint density at radius 2 is 2.09 bits per heavy atom. The number of rotatable bonds is 5. The van der Waals surface area contributed by atoms with E-state index >= 15 is 0 Å². The lowest BCUT2D eigenvalue weighted by molar-refractivity contribution is 0.164. The van der Waals surface area contributed by atoms with Gasteiger partial charge in [-0.05, 0) is 19.8 Å². The van der Waals surface area contributed by atoms with Gasteiger partial charge in [-0.3, -0.25) is 4.90 Å². The van der Waals surface area contributed by atoms with E-state index < -0.39 is 0 Å². The highest BCUT2D eigenvalue weighted by atomic mass is 32.1. The van der Waals surface area contributed by atoms with Gasteiger partial charge in [-0.25, -0.2) is 9.98 Å². The molecule has 2 heterocycles. The van der Waals surface area contributed by atoms with E-state index in [0.717, 1.165) is 49.6 Å². The molecule has 2 rings (SSSR count). The minimum atomic E-state index is 0.674. The number of guanidine groups is 1. The molecule has 6 heteroatoms. The first-order valence-corrected chi connectivity index (χ1v) is 9.07. The second-order valence-corrected chi connectivity index (χ2v) is 7.54. The number of aryl methyl sites for hydroxylation is 1. The number of hydrogen-bond donors (Lipinski definition) is 1. The van der Waals surface area contributed by atoms with Gasteiger partial charge in [0.15, 0.2) is 5.96 Å². The van der Waals surface area contributed by atoms with Gasteiger partial charge in [0, 0.05) is 50.3 Å². The van der Waals surface area contributed by atoms with E-state index in [2.05, 4.69) is 47.8 Å². The van der Waals surface area contributed by atoms with Gasteiger partial charge in [0.25, 0.3) is 0 Å². The third-order valence-electron chi connectivity index (χ3n) is 3.66. The van der Waals surface area contributed by atoms with Crippen LogP contribution in [0.4, 0.5) is 0 Å². The molecule has 0 spiro atoms. The van der Waals surface area contributed by atoms with Crippen molar-refractivity contribution in [2.24, 2.45) is 10.9 Å². The molecular weight excluding hydrogens is 294 g/mol. The highest BCUT2D eigenvalue weighted by Crippen LogP contribution is 2.12. The van der Waals surface area contributed by atoms with Gasteiger partial charge in [0.2, 0.25) is 0 Å². The molecule has 1 aliphatic heterocycles. The first-order chi connectivity index (χ1) is 10.6. The Morgan fingerprint density at radius 1 is 1.36 bits per heavy atom. The Hall–Kier alpha value is -1.14. The van der Waals surface area contributed by atoms with Crippen molar-refractivity contribution in [3.8, 4) is 0 Å². The van der Waals surface area contributed by atoms with Crippen molar-refractivity contribution in [1.82, 2.24) is 20.1 Å². The zero-order valence-corrected chi connectivity index (χ0v) is 15.1. The van der Waals surface area contributed by atoms with Gasteiger partial charge in [-0.2, -0.15) is 0 Å². The molecule has 0 radical (unpaired) electrons. The molecule has 5 nitrogen and oxygen atoms in total. The van der Waals surface area contributed by atoms with Crippen LogP contribution in [0.1, 0.15) is 30.7 Å². The summed E-state index contributed by atoms with van der Waals surface area (Å²) < 4.78 is 0. The van der Waals surface area contributed by atoms with Crippen LogP contribution in [0.15, 0.2) is 11.2 Å². The average molecular weight is 324 g/mol. The number of nitrogens with one attached hydrogen (secondary N) is 1. The Bertz CT molecular complexity index is 475. The van der Waals surface area contributed by atoms with Crippen molar-refractivity contribution in [2.75, 3.05) is 39.3 Å². The number of hydrogen-bond acceptors (Lipinski definition) is 4. The van der Waals surface area contributed by atoms with Crippen LogP contribution in [-0.2, 0) is 6.54 Å². The Labute approximate surface area is 138 Å². The maximum absolute atomic E-state index is 4.77. The molecule has 1 N–H and O–H groups in total. The number of piperazine rings is 1. The number of nitrogens with zero attached hydrogens (tertiary/aromatic N) is 4. The van der Waals surface area contributed by atoms with E-state index in [1.807, 2.05) is 6.20 Å². The van der Waals surface area contributed by atoms with Crippen LogP contribution in [-0.4, -0.2) is 60.0 Å². The monoisotopic (exact) mass is 323 g/mol. The summed E-state index contributed by atoms with van der Waals surface area (Å²) in [7, 11) is 0. The minimum Gasteiger partial charge on any atom is -0.357 e. The first kappa shape index (κ1) is 17.2. The van der Waals surface area contributed by atoms with E-state index in [1.54, 1.807) is 11.3 Å². The quantitative estimate of drug-likeness (QED) is 0.666. The summed E-state index contributed by atoms with van der Waals surface area (Å²) in [5.41, 5.74) is 0. The average Bonchev–Trinajstić information content (AvgIpc) is 2.89. The predicted octanol–water partition coefficient (Wildman–Crippen LogP) is 2.19. The molecule has 1 aliphatic rings. The molecule has 0 aromatic carbocycles. The molecule has 1 saturated heterocycles. The fraction of sp³-hybridized carbons (Fsp3) is 0.750. The molecular formula is C16H29N5S. The van der Waals surface area contributed by atoms with Crippen LogP contribution in [0.5, 0.6) is 0 Å². The third-order valence-corrected chi connectivity index (χ3v) is 4.56. The summed E-state index contributed by atoms with van der Waals surface area (Å²) in [6.07, 6.45) is 1.92. The molecule has 0 atom stereocenters. The SMILES string of the molecule is CCNC(=NCc1ncc(C)s1)N1CCN(CC(C)C)CC1. The third kappa shape index (κ3) is 5.25. The van der Waals surface area contributed by atoms with E-state index in [9.17, 15) is 0 Å². The Kier molecular flexibility index (Phi) is 6.64. The summed E-state index contributed by atoms with van der Waals surface area (Å²) in [6, 6.07) is 0. The minimum absolute atomic E-state index is 0.674. The Balaban J connectivity index is 1.91. The zero-order valence-electron chi connectivity index (χ0n) is 14.3. The van der Waals surface area contributed by atoms with E-state index in [1.165, 1.54) is 11.4 Å². The maximum Gasteiger partial charge on any atom is 0.194 e. The summed E-state index contributed by atoms with van der Waals surface area (Å²) >= 11 is 1.73. The molecule has 22 heavy (non-hydrogen) atoms. The fourth-order valence-electron chi connectivity index (χ4n) is 2.70.